The molecule has 0 atom stereocenters. The van der Waals surface area contributed by atoms with E-state index in [4.69, 9.17) is 4.74 Å². The van der Waals surface area contributed by atoms with Gasteiger partial charge in [-0.25, -0.2) is 0 Å². The summed E-state index contributed by atoms with van der Waals surface area (Å²) in [6.07, 6.45) is 0. The van der Waals surface area contributed by atoms with Crippen LogP contribution in [0.1, 0.15) is 0 Å². The zero-order valence-corrected chi connectivity index (χ0v) is 38.8. The monoisotopic (exact) mass is 910 g/mol. The van der Waals surface area contributed by atoms with Gasteiger partial charge < -0.3 is 24.3 Å². The van der Waals surface area contributed by atoms with E-state index in [1.54, 1.807) is 0 Å². The largest absolute Gasteiger partial charge is 0.453 e. The molecular formula is C64H37B3N4O. The molecule has 0 saturated carbocycles. The molecule has 0 fully saturated rings. The maximum absolute atomic E-state index is 7.16. The molecule has 11 aromatic rings. The van der Waals surface area contributed by atoms with Crippen LogP contribution in [0.15, 0.2) is 224 Å². The van der Waals surface area contributed by atoms with Crippen molar-refractivity contribution in [2.24, 2.45) is 0 Å². The summed E-state index contributed by atoms with van der Waals surface area (Å²) in [6, 6.07) is 84.0. The van der Waals surface area contributed by atoms with Gasteiger partial charge in [-0.2, -0.15) is 0 Å². The lowest BCUT2D eigenvalue weighted by Gasteiger charge is -2.55. The highest BCUT2D eigenvalue weighted by atomic mass is 16.5. The molecule has 0 bridgehead atoms. The van der Waals surface area contributed by atoms with Crippen LogP contribution in [0, 0.1) is 0 Å². The molecule has 0 unspecified atom stereocenters. The molecule has 0 saturated heterocycles. The summed E-state index contributed by atoms with van der Waals surface area (Å²) < 4.78 is 7.16. The van der Waals surface area contributed by atoms with Gasteiger partial charge in [0.1, 0.15) is 0 Å². The molecular weight excluding hydrogens is 873 g/mol. The van der Waals surface area contributed by atoms with E-state index >= 15 is 0 Å². The Morgan fingerprint density at radius 2 is 0.764 bits per heavy atom. The van der Waals surface area contributed by atoms with Crippen LogP contribution < -0.4 is 73.5 Å². The SMILES string of the molecule is c1ccc(N2c3ccccc3Oc3cc4c(cc32)N2c3ccccc3B3c5ccccc5N5c6ccccc6B6c7ccccc7N7c8ccc(-c9cccc%10ccccc9%10)cc8B4c4c7c6c5c3c42)cc1. The Morgan fingerprint density at radius 1 is 0.292 bits per heavy atom. The van der Waals surface area contributed by atoms with Crippen LogP contribution >= 0.6 is 0 Å². The van der Waals surface area contributed by atoms with E-state index in [-0.39, 0.29) is 20.1 Å². The molecule has 7 heterocycles. The van der Waals surface area contributed by atoms with Crippen molar-refractivity contribution < 1.29 is 4.74 Å². The number of para-hydroxylation sites is 7. The second-order valence-corrected chi connectivity index (χ2v) is 20.2. The summed E-state index contributed by atoms with van der Waals surface area (Å²) in [5.41, 5.74) is 28.9. The van der Waals surface area contributed by atoms with E-state index in [2.05, 4.69) is 244 Å². The molecule has 0 aromatic heterocycles. The predicted octanol–water partition coefficient (Wildman–Crippen LogP) is 9.92. The molecule has 5 nitrogen and oxygen atoms in total. The molecule has 0 spiro atoms. The van der Waals surface area contributed by atoms with Gasteiger partial charge in [-0.15, -0.1) is 0 Å². The summed E-state index contributed by atoms with van der Waals surface area (Å²) in [5, 5.41) is 2.50. The lowest BCUT2D eigenvalue weighted by molar-refractivity contribution is 0.477. The van der Waals surface area contributed by atoms with E-state index in [1.807, 2.05) is 0 Å². The summed E-state index contributed by atoms with van der Waals surface area (Å²) >= 11 is 0. The second kappa shape index (κ2) is 13.4. The Hall–Kier alpha value is -9.13. The van der Waals surface area contributed by atoms with Crippen molar-refractivity contribution in [3.8, 4) is 22.6 Å². The van der Waals surface area contributed by atoms with Crippen LogP contribution in [0.3, 0.4) is 0 Å². The lowest BCUT2D eigenvalue weighted by Crippen LogP contribution is -2.74. The van der Waals surface area contributed by atoms with Gasteiger partial charge in [-0.1, -0.05) is 158 Å². The molecule has 328 valence electrons. The molecule has 0 N–H and O–H groups in total. The van der Waals surface area contributed by atoms with Crippen LogP contribution in [-0.2, 0) is 0 Å². The number of nitrogens with zero attached hydrogens (tertiary/aromatic N) is 4. The normalized spacial score (nSPS) is 14.6. The number of rotatable bonds is 2. The first-order chi connectivity index (χ1) is 35.8. The number of hydrogen-bond acceptors (Lipinski definition) is 5. The van der Waals surface area contributed by atoms with E-state index in [1.165, 1.54) is 122 Å². The third kappa shape index (κ3) is 4.51. The topological polar surface area (TPSA) is 22.2 Å². The second-order valence-electron chi connectivity index (χ2n) is 20.2. The maximum atomic E-state index is 7.16. The Bertz CT molecular complexity index is 4270. The molecule has 7 aliphatic rings. The van der Waals surface area contributed by atoms with Gasteiger partial charge in [-0.3, -0.25) is 0 Å². The van der Waals surface area contributed by atoms with E-state index in [0.29, 0.717) is 0 Å². The quantitative estimate of drug-likeness (QED) is 0.161. The van der Waals surface area contributed by atoms with Crippen LogP contribution in [0.4, 0.5) is 68.2 Å². The van der Waals surface area contributed by atoms with Crippen molar-refractivity contribution in [2.45, 2.75) is 0 Å². The van der Waals surface area contributed by atoms with Gasteiger partial charge in [0.2, 0.25) is 0 Å². The average Bonchev–Trinajstić information content (AvgIpc) is 3.45. The van der Waals surface area contributed by atoms with Gasteiger partial charge in [0, 0.05) is 56.9 Å². The van der Waals surface area contributed by atoms with Gasteiger partial charge in [0.25, 0.3) is 20.1 Å². The minimum Gasteiger partial charge on any atom is -0.453 e. The van der Waals surface area contributed by atoms with E-state index < -0.39 is 0 Å². The highest BCUT2D eigenvalue weighted by Gasteiger charge is 2.57. The standard InChI is InChI=1S/C64H37B3N4O/c1-2-19-40(20-3-1)68-54-31-14-15-32-57(54)72-58-36-48-55(37-56(58)68)71-52-30-13-9-26-46(52)66-44-24-7-11-28-50(44)69-49-27-10-6-23-43(49)65-45-25-8-12-29-51(45)70-53-34-33-39(42-22-16-18-38-17-4-5-21-41(38)42)35-47(53)67(48)61-63(70)59(65)62(69)60(66)64(61)71/h1-37H. The fraction of sp³-hybridized carbons (Fsp3) is 0. The van der Waals surface area contributed by atoms with Gasteiger partial charge in [0.05, 0.1) is 11.4 Å². The molecule has 7 aliphatic heterocycles. The number of benzene rings is 11. The van der Waals surface area contributed by atoms with Crippen molar-refractivity contribution >= 4 is 148 Å². The smallest absolute Gasteiger partial charge is 0.252 e. The minimum atomic E-state index is -0.139. The molecule has 18 rings (SSSR count). The summed E-state index contributed by atoms with van der Waals surface area (Å²) in [5.74, 6) is 1.69. The maximum Gasteiger partial charge on any atom is 0.252 e. The van der Waals surface area contributed by atoms with Crippen LogP contribution in [0.5, 0.6) is 11.5 Å². The third-order valence-corrected chi connectivity index (χ3v) is 16.9. The van der Waals surface area contributed by atoms with Crippen molar-refractivity contribution in [1.82, 2.24) is 0 Å². The van der Waals surface area contributed by atoms with Crippen molar-refractivity contribution in [2.75, 3.05) is 19.6 Å². The average molecular weight is 910 g/mol. The predicted molar refractivity (Wildman–Crippen MR) is 302 cm³/mol. The highest BCUT2D eigenvalue weighted by molar-refractivity contribution is 7.09. The molecule has 72 heavy (non-hydrogen) atoms. The van der Waals surface area contributed by atoms with Crippen molar-refractivity contribution in [3.63, 3.8) is 0 Å². The number of anilines is 12. The number of ether oxygens (including phenoxy) is 1. The molecule has 8 heteroatoms. The zero-order valence-electron chi connectivity index (χ0n) is 38.8. The summed E-state index contributed by atoms with van der Waals surface area (Å²) in [4.78, 5) is 10.4. The summed E-state index contributed by atoms with van der Waals surface area (Å²) in [7, 11) is 0. The lowest BCUT2D eigenvalue weighted by atomic mass is 9.24. The van der Waals surface area contributed by atoms with Crippen LogP contribution in [0.2, 0.25) is 0 Å². The Labute approximate surface area is 417 Å². The first-order valence-corrected chi connectivity index (χ1v) is 25.2. The zero-order chi connectivity index (χ0) is 46.5. The fourth-order valence-electron chi connectivity index (χ4n) is 14.3. The summed E-state index contributed by atoms with van der Waals surface area (Å²) in [6.45, 7) is -0.110. The fourth-order valence-corrected chi connectivity index (χ4v) is 14.3. The van der Waals surface area contributed by atoms with Gasteiger partial charge in [-0.05, 0) is 138 Å². The van der Waals surface area contributed by atoms with Gasteiger partial charge >= 0.3 is 0 Å². The van der Waals surface area contributed by atoms with Crippen molar-refractivity contribution in [1.29, 1.82) is 0 Å². The van der Waals surface area contributed by atoms with Crippen LogP contribution in [-0.4, -0.2) is 20.1 Å². The van der Waals surface area contributed by atoms with Crippen LogP contribution in [0.25, 0.3) is 21.9 Å². The third-order valence-electron chi connectivity index (χ3n) is 16.9. The van der Waals surface area contributed by atoms with E-state index in [9.17, 15) is 0 Å². The van der Waals surface area contributed by atoms with Crippen molar-refractivity contribution in [3.05, 3.63) is 224 Å². The van der Waals surface area contributed by atoms with Gasteiger partial charge in [0.15, 0.2) is 11.5 Å². The first-order valence-electron chi connectivity index (χ1n) is 25.2. The molecule has 0 radical (unpaired) electrons. The molecule has 0 aliphatic carbocycles. The number of fused-ring (bicyclic) bond motifs is 21. The Kier molecular flexibility index (Phi) is 7.02. The Balaban J connectivity index is 1.03. The first kappa shape index (κ1) is 37.7. The minimum absolute atomic E-state index is 0.00671. The number of hydrogen-bond donors (Lipinski definition) is 0. The molecule has 0 amide bonds. The molecule has 11 aromatic carbocycles. The Morgan fingerprint density at radius 3 is 1.39 bits per heavy atom. The highest BCUT2D eigenvalue weighted by Crippen LogP contribution is 2.55. The van der Waals surface area contributed by atoms with E-state index in [0.717, 1.165) is 28.6 Å².